The Morgan fingerprint density at radius 1 is 1.07 bits per heavy atom. The summed E-state index contributed by atoms with van der Waals surface area (Å²) >= 11 is 0. The Morgan fingerprint density at radius 3 is 2.54 bits per heavy atom. The van der Waals surface area contributed by atoms with E-state index in [2.05, 4.69) is 21.5 Å². The van der Waals surface area contributed by atoms with Gasteiger partial charge in [-0.25, -0.2) is 9.67 Å². The van der Waals surface area contributed by atoms with Gasteiger partial charge in [-0.2, -0.15) is 10.4 Å². The van der Waals surface area contributed by atoms with Crippen LogP contribution in [-0.2, 0) is 0 Å². The Kier molecular flexibility index (Phi) is 4.34. The maximum absolute atomic E-state index is 13.1. The van der Waals surface area contributed by atoms with Crippen molar-refractivity contribution in [3.8, 4) is 11.8 Å². The number of nitriles is 1. The predicted octanol–water partition coefficient (Wildman–Crippen LogP) is 4.16. The Morgan fingerprint density at radius 2 is 1.79 bits per heavy atom. The normalized spacial score (nSPS) is 10.6. The molecule has 0 saturated heterocycles. The summed E-state index contributed by atoms with van der Waals surface area (Å²) in [5.41, 5.74) is 4.30. The van der Waals surface area contributed by atoms with Gasteiger partial charge in [0.1, 0.15) is 6.07 Å². The first-order valence-corrected chi connectivity index (χ1v) is 8.81. The standard InChI is InChI=1S/C22H17N5O/c1-14-12-18(22(28)25-19-11-7-6-8-16(19)13-23)20-15(2)26-27(21(20)24-14)17-9-4-3-5-10-17/h3-12H,1-2H3,(H,25,28). The van der Waals surface area contributed by atoms with Crippen molar-refractivity contribution in [3.63, 3.8) is 0 Å². The average molecular weight is 367 g/mol. The molecule has 136 valence electrons. The summed E-state index contributed by atoms with van der Waals surface area (Å²) in [6.45, 7) is 3.70. The molecule has 28 heavy (non-hydrogen) atoms. The minimum absolute atomic E-state index is 0.297. The number of aryl methyl sites for hydroxylation is 2. The second-order valence-electron chi connectivity index (χ2n) is 6.45. The van der Waals surface area contributed by atoms with Gasteiger partial charge in [0.25, 0.3) is 5.91 Å². The van der Waals surface area contributed by atoms with Gasteiger partial charge in [-0.15, -0.1) is 0 Å². The van der Waals surface area contributed by atoms with Crippen LogP contribution in [-0.4, -0.2) is 20.7 Å². The van der Waals surface area contributed by atoms with Crippen LogP contribution in [0, 0.1) is 25.2 Å². The second-order valence-corrected chi connectivity index (χ2v) is 6.45. The highest BCUT2D eigenvalue weighted by atomic mass is 16.1. The van der Waals surface area contributed by atoms with E-state index in [-0.39, 0.29) is 5.91 Å². The summed E-state index contributed by atoms with van der Waals surface area (Å²) in [6, 6.07) is 20.4. The summed E-state index contributed by atoms with van der Waals surface area (Å²) in [5, 5.41) is 17.4. The van der Waals surface area contributed by atoms with Crippen LogP contribution in [0.1, 0.15) is 27.3 Å². The van der Waals surface area contributed by atoms with E-state index in [0.29, 0.717) is 39.2 Å². The number of carbonyl (C=O) groups excluding carboxylic acids is 1. The van der Waals surface area contributed by atoms with Gasteiger partial charge in [0, 0.05) is 5.69 Å². The Labute approximate surface area is 162 Å². The Bertz CT molecular complexity index is 1240. The summed E-state index contributed by atoms with van der Waals surface area (Å²) in [6.07, 6.45) is 0. The van der Waals surface area contributed by atoms with Crippen LogP contribution in [0.5, 0.6) is 0 Å². The first kappa shape index (κ1) is 17.4. The lowest BCUT2D eigenvalue weighted by Crippen LogP contribution is -2.14. The molecule has 0 unspecified atom stereocenters. The number of fused-ring (bicyclic) bond motifs is 1. The number of benzene rings is 2. The largest absolute Gasteiger partial charge is 0.321 e. The molecule has 6 nitrogen and oxygen atoms in total. The van der Waals surface area contributed by atoms with Gasteiger partial charge in [0.2, 0.25) is 0 Å². The fourth-order valence-electron chi connectivity index (χ4n) is 3.22. The van der Waals surface area contributed by atoms with Crippen LogP contribution < -0.4 is 5.32 Å². The van der Waals surface area contributed by atoms with Gasteiger partial charge in [-0.3, -0.25) is 4.79 Å². The lowest BCUT2D eigenvalue weighted by molar-refractivity contribution is 0.102. The van der Waals surface area contributed by atoms with E-state index in [0.717, 1.165) is 5.69 Å². The summed E-state index contributed by atoms with van der Waals surface area (Å²) < 4.78 is 1.75. The summed E-state index contributed by atoms with van der Waals surface area (Å²) in [4.78, 5) is 17.7. The molecule has 0 saturated carbocycles. The monoisotopic (exact) mass is 367 g/mol. The number of aromatic nitrogens is 3. The van der Waals surface area contributed by atoms with Crippen molar-refractivity contribution in [2.45, 2.75) is 13.8 Å². The molecule has 2 aromatic carbocycles. The van der Waals surface area contributed by atoms with Crippen molar-refractivity contribution in [2.24, 2.45) is 0 Å². The molecule has 4 aromatic rings. The van der Waals surface area contributed by atoms with Crippen LogP contribution in [0.4, 0.5) is 5.69 Å². The number of hydrogen-bond donors (Lipinski definition) is 1. The van der Waals surface area contributed by atoms with Crippen LogP contribution in [0.15, 0.2) is 60.7 Å². The van der Waals surface area contributed by atoms with E-state index in [1.54, 1.807) is 35.0 Å². The molecule has 0 aliphatic heterocycles. The van der Waals surface area contributed by atoms with Crippen LogP contribution in [0.2, 0.25) is 0 Å². The molecule has 1 N–H and O–H groups in total. The third kappa shape index (κ3) is 2.99. The summed E-state index contributed by atoms with van der Waals surface area (Å²) in [7, 11) is 0. The molecule has 1 amide bonds. The highest BCUT2D eigenvalue weighted by Gasteiger charge is 2.20. The fourth-order valence-corrected chi connectivity index (χ4v) is 3.22. The third-order valence-electron chi connectivity index (χ3n) is 4.48. The molecule has 0 fully saturated rings. The first-order chi connectivity index (χ1) is 13.6. The molecule has 0 atom stereocenters. The second kappa shape index (κ2) is 6.97. The lowest BCUT2D eigenvalue weighted by atomic mass is 10.1. The van der Waals surface area contributed by atoms with Crippen LogP contribution in [0.25, 0.3) is 16.7 Å². The Hall–Kier alpha value is -3.98. The number of para-hydroxylation sites is 2. The van der Waals surface area contributed by atoms with Gasteiger partial charge in [0.15, 0.2) is 5.65 Å². The Balaban J connectivity index is 1.85. The molecule has 4 rings (SSSR count). The molecule has 0 radical (unpaired) electrons. The molecular weight excluding hydrogens is 350 g/mol. The van der Waals surface area contributed by atoms with Gasteiger partial charge in [0.05, 0.1) is 33.6 Å². The number of pyridine rings is 1. The van der Waals surface area contributed by atoms with Gasteiger partial charge < -0.3 is 5.32 Å². The first-order valence-electron chi connectivity index (χ1n) is 8.81. The number of nitrogens with zero attached hydrogens (tertiary/aromatic N) is 4. The lowest BCUT2D eigenvalue weighted by Gasteiger charge is -2.09. The zero-order valence-electron chi connectivity index (χ0n) is 15.5. The van der Waals surface area contributed by atoms with Gasteiger partial charge in [-0.05, 0) is 44.2 Å². The van der Waals surface area contributed by atoms with Gasteiger partial charge in [-0.1, -0.05) is 30.3 Å². The van der Waals surface area contributed by atoms with E-state index >= 15 is 0 Å². The minimum Gasteiger partial charge on any atom is -0.321 e. The number of hydrogen-bond acceptors (Lipinski definition) is 4. The zero-order valence-corrected chi connectivity index (χ0v) is 15.5. The molecule has 6 heteroatoms. The SMILES string of the molecule is Cc1cc(C(=O)Nc2ccccc2C#N)c2c(C)nn(-c3ccccc3)c2n1. The van der Waals surface area contributed by atoms with Gasteiger partial charge >= 0.3 is 0 Å². The van der Waals surface area contributed by atoms with Crippen LogP contribution >= 0.6 is 0 Å². The minimum atomic E-state index is -0.297. The molecule has 0 bridgehead atoms. The highest BCUT2D eigenvalue weighted by Crippen LogP contribution is 2.26. The van der Waals surface area contributed by atoms with Crippen molar-refractivity contribution in [1.29, 1.82) is 5.26 Å². The topological polar surface area (TPSA) is 83.6 Å². The molecular formula is C22H17N5O. The van der Waals surface area contributed by atoms with E-state index in [1.165, 1.54) is 0 Å². The third-order valence-corrected chi connectivity index (χ3v) is 4.48. The summed E-state index contributed by atoms with van der Waals surface area (Å²) in [5.74, 6) is -0.297. The zero-order chi connectivity index (χ0) is 19.7. The maximum atomic E-state index is 13.1. The molecule has 2 aromatic heterocycles. The smallest absolute Gasteiger partial charge is 0.256 e. The molecule has 0 aliphatic rings. The van der Waals surface area contributed by atoms with Crippen molar-refractivity contribution in [2.75, 3.05) is 5.32 Å². The fraction of sp³-hybridized carbons (Fsp3) is 0.0909. The quantitative estimate of drug-likeness (QED) is 0.589. The maximum Gasteiger partial charge on any atom is 0.256 e. The van der Waals surface area contributed by atoms with E-state index in [1.807, 2.05) is 44.2 Å². The van der Waals surface area contributed by atoms with Crippen molar-refractivity contribution in [1.82, 2.24) is 14.8 Å². The highest BCUT2D eigenvalue weighted by molar-refractivity contribution is 6.13. The number of nitrogens with one attached hydrogen (secondary N) is 1. The van der Waals surface area contributed by atoms with Crippen LogP contribution in [0.3, 0.4) is 0 Å². The van der Waals surface area contributed by atoms with E-state index < -0.39 is 0 Å². The van der Waals surface area contributed by atoms with Crippen molar-refractivity contribution < 1.29 is 4.79 Å². The number of amides is 1. The van der Waals surface area contributed by atoms with E-state index in [4.69, 9.17) is 0 Å². The molecule has 0 spiro atoms. The molecule has 0 aliphatic carbocycles. The van der Waals surface area contributed by atoms with Crippen molar-refractivity contribution in [3.05, 3.63) is 83.2 Å². The number of carbonyl (C=O) groups is 1. The van der Waals surface area contributed by atoms with Crippen molar-refractivity contribution >= 4 is 22.6 Å². The van der Waals surface area contributed by atoms with E-state index in [9.17, 15) is 10.1 Å². The average Bonchev–Trinajstić information content (AvgIpc) is 3.04. The predicted molar refractivity (Wildman–Crippen MR) is 107 cm³/mol. The molecule has 2 heterocycles. The number of rotatable bonds is 3. The number of anilines is 1.